The van der Waals surface area contributed by atoms with Crippen LogP contribution in [0, 0.1) is 0 Å². The number of imidazole rings is 1. The van der Waals surface area contributed by atoms with Crippen LogP contribution < -0.4 is 0 Å². The molecule has 3 aromatic rings. The Morgan fingerprint density at radius 3 is 2.67 bits per heavy atom. The van der Waals surface area contributed by atoms with Crippen molar-refractivity contribution in [2.24, 2.45) is 0 Å². The van der Waals surface area contributed by atoms with E-state index in [1.165, 1.54) is 4.88 Å². The smallest absolute Gasteiger partial charge is 0.148 e. The van der Waals surface area contributed by atoms with Gasteiger partial charge in [-0.15, -0.1) is 11.3 Å². The first-order valence-electron chi connectivity index (χ1n) is 4.42. The number of nitrogens with zero attached hydrogens (tertiary/aromatic N) is 1. The van der Waals surface area contributed by atoms with Crippen LogP contribution in [0.4, 0.5) is 0 Å². The van der Waals surface area contributed by atoms with Gasteiger partial charge in [0.05, 0.1) is 15.9 Å². The molecule has 4 heteroatoms. The zero-order chi connectivity index (χ0) is 9.38. The van der Waals surface area contributed by atoms with Crippen LogP contribution in [-0.2, 0) is 19.5 Å². The van der Waals surface area contributed by atoms with Gasteiger partial charge < -0.3 is 4.98 Å². The van der Waals surface area contributed by atoms with Gasteiger partial charge in [-0.3, -0.25) is 0 Å². The summed E-state index contributed by atoms with van der Waals surface area (Å²) < 4.78 is 0. The molecule has 70 valence electrons. The molecule has 3 rings (SSSR count). The average molecular weight is 266 g/mol. The molecule has 2 nitrogen and oxygen atoms in total. The Bertz CT molecular complexity index is 524. The number of fused-ring (bicyclic) bond motifs is 1. The third-order valence-corrected chi connectivity index (χ3v) is 3.02. The summed E-state index contributed by atoms with van der Waals surface area (Å²) >= 11 is 1.70. The monoisotopic (exact) mass is 264 g/mol. The Hall–Kier alpha value is -0.987. The largest absolute Gasteiger partial charge is 0.337 e. The number of hydrogen-bond donors (Lipinski definition) is 1. The summed E-state index contributed by atoms with van der Waals surface area (Å²) in [5.74, 6) is 0.959. The number of nitrogens with one attached hydrogen (secondary N) is 1. The van der Waals surface area contributed by atoms with E-state index in [2.05, 4.69) is 21.4 Å². The summed E-state index contributed by atoms with van der Waals surface area (Å²) in [6, 6.07) is 12.2. The molecular formula is C11H8N2SZn. The minimum atomic E-state index is 0. The van der Waals surface area contributed by atoms with Gasteiger partial charge in [0, 0.05) is 19.5 Å². The molecule has 2 aromatic heterocycles. The number of hydrogen-bond acceptors (Lipinski definition) is 2. The van der Waals surface area contributed by atoms with Crippen LogP contribution in [0.2, 0.25) is 0 Å². The van der Waals surface area contributed by atoms with Crippen LogP contribution in [0.3, 0.4) is 0 Å². The maximum absolute atomic E-state index is 4.51. The Labute approximate surface area is 104 Å². The van der Waals surface area contributed by atoms with E-state index in [9.17, 15) is 0 Å². The number of benzene rings is 1. The van der Waals surface area contributed by atoms with Gasteiger partial charge in [0.1, 0.15) is 5.82 Å². The van der Waals surface area contributed by atoms with E-state index >= 15 is 0 Å². The normalized spacial score (nSPS) is 10.1. The van der Waals surface area contributed by atoms with E-state index in [1.807, 2.05) is 30.3 Å². The molecule has 0 amide bonds. The van der Waals surface area contributed by atoms with E-state index in [0.717, 1.165) is 16.9 Å². The van der Waals surface area contributed by atoms with Gasteiger partial charge in [-0.1, -0.05) is 18.2 Å². The van der Waals surface area contributed by atoms with Crippen molar-refractivity contribution in [2.45, 2.75) is 0 Å². The third kappa shape index (κ3) is 1.88. The second-order valence-electron chi connectivity index (χ2n) is 3.08. The molecule has 0 aliphatic rings. The van der Waals surface area contributed by atoms with Crippen LogP contribution in [0.25, 0.3) is 21.7 Å². The number of aromatic nitrogens is 2. The standard InChI is InChI=1S/C11H8N2S.Zn/c1-2-5-9-8(4-1)12-11(13-9)10-6-3-7-14-10;/h1-7H,(H,12,13);. The molecule has 0 fully saturated rings. The summed E-state index contributed by atoms with van der Waals surface area (Å²) in [6.45, 7) is 0. The molecule has 15 heavy (non-hydrogen) atoms. The van der Waals surface area contributed by atoms with Crippen molar-refractivity contribution in [1.82, 2.24) is 9.97 Å². The van der Waals surface area contributed by atoms with Gasteiger partial charge in [0.15, 0.2) is 0 Å². The molecule has 1 N–H and O–H groups in total. The molecule has 1 aromatic carbocycles. The maximum atomic E-state index is 4.51. The molecule has 0 aliphatic heterocycles. The average Bonchev–Trinajstić information content (AvgIpc) is 2.86. The zero-order valence-corrected chi connectivity index (χ0v) is 11.9. The number of aromatic amines is 1. The van der Waals surface area contributed by atoms with Crippen molar-refractivity contribution in [3.8, 4) is 10.7 Å². The molecule has 0 saturated carbocycles. The molecule has 0 atom stereocenters. The summed E-state index contributed by atoms with van der Waals surface area (Å²) in [6.07, 6.45) is 0. The minimum Gasteiger partial charge on any atom is -0.337 e. The Kier molecular flexibility index (Phi) is 2.99. The summed E-state index contributed by atoms with van der Waals surface area (Å²) in [4.78, 5) is 8.99. The van der Waals surface area contributed by atoms with Crippen molar-refractivity contribution in [1.29, 1.82) is 0 Å². The molecule has 2 heterocycles. The SMILES string of the molecule is [Zn].c1csc(-c2nc3ccccc3[nH]2)c1. The van der Waals surface area contributed by atoms with Crippen LogP contribution >= 0.6 is 11.3 Å². The third-order valence-electron chi connectivity index (χ3n) is 2.14. The van der Waals surface area contributed by atoms with Crippen LogP contribution in [-0.4, -0.2) is 9.97 Å². The van der Waals surface area contributed by atoms with Crippen molar-refractivity contribution < 1.29 is 19.5 Å². The predicted octanol–water partition coefficient (Wildman–Crippen LogP) is 3.29. The molecule has 0 saturated heterocycles. The van der Waals surface area contributed by atoms with Crippen LogP contribution in [0.15, 0.2) is 41.8 Å². The van der Waals surface area contributed by atoms with Gasteiger partial charge in [0.2, 0.25) is 0 Å². The first kappa shape index (κ1) is 10.5. The Balaban J connectivity index is 0.000000853. The molecule has 0 bridgehead atoms. The maximum Gasteiger partial charge on any atom is 0.148 e. The van der Waals surface area contributed by atoms with E-state index in [4.69, 9.17) is 0 Å². The molecular weight excluding hydrogens is 258 g/mol. The van der Waals surface area contributed by atoms with Gasteiger partial charge in [-0.2, -0.15) is 0 Å². The van der Waals surface area contributed by atoms with E-state index < -0.39 is 0 Å². The number of H-pyrrole nitrogens is 1. The van der Waals surface area contributed by atoms with Crippen molar-refractivity contribution >= 4 is 22.4 Å². The second kappa shape index (κ2) is 4.25. The van der Waals surface area contributed by atoms with Crippen LogP contribution in [0.5, 0.6) is 0 Å². The quantitative estimate of drug-likeness (QED) is 0.672. The van der Waals surface area contributed by atoms with Crippen molar-refractivity contribution in [2.75, 3.05) is 0 Å². The van der Waals surface area contributed by atoms with Crippen molar-refractivity contribution in [3.05, 3.63) is 41.8 Å². The summed E-state index contributed by atoms with van der Waals surface area (Å²) in [5, 5.41) is 2.06. The predicted molar refractivity (Wildman–Crippen MR) is 59.4 cm³/mol. The second-order valence-corrected chi connectivity index (χ2v) is 4.03. The molecule has 0 spiro atoms. The van der Waals surface area contributed by atoms with Gasteiger partial charge in [-0.05, 0) is 23.6 Å². The van der Waals surface area contributed by atoms with Gasteiger partial charge >= 0.3 is 0 Å². The summed E-state index contributed by atoms with van der Waals surface area (Å²) in [7, 11) is 0. The number of rotatable bonds is 1. The fraction of sp³-hybridized carbons (Fsp3) is 0. The fourth-order valence-electron chi connectivity index (χ4n) is 1.48. The topological polar surface area (TPSA) is 28.7 Å². The fourth-order valence-corrected chi connectivity index (χ4v) is 2.15. The first-order chi connectivity index (χ1) is 6.93. The van der Waals surface area contributed by atoms with Crippen LogP contribution in [0.1, 0.15) is 0 Å². The van der Waals surface area contributed by atoms with Gasteiger partial charge in [-0.25, -0.2) is 4.98 Å². The number of para-hydroxylation sites is 2. The molecule has 0 aliphatic carbocycles. The van der Waals surface area contributed by atoms with E-state index in [0.29, 0.717) is 0 Å². The van der Waals surface area contributed by atoms with E-state index in [-0.39, 0.29) is 19.5 Å². The molecule has 0 radical (unpaired) electrons. The Morgan fingerprint density at radius 1 is 1.07 bits per heavy atom. The minimum absolute atomic E-state index is 0. The molecule has 0 unspecified atom stereocenters. The Morgan fingerprint density at radius 2 is 1.93 bits per heavy atom. The van der Waals surface area contributed by atoms with Gasteiger partial charge in [0.25, 0.3) is 0 Å². The van der Waals surface area contributed by atoms with E-state index in [1.54, 1.807) is 11.3 Å². The van der Waals surface area contributed by atoms with Crippen molar-refractivity contribution in [3.63, 3.8) is 0 Å². The first-order valence-corrected chi connectivity index (χ1v) is 5.30. The zero-order valence-electron chi connectivity index (χ0n) is 8.10. The number of thiophene rings is 1. The summed E-state index contributed by atoms with van der Waals surface area (Å²) in [5.41, 5.74) is 2.12.